The van der Waals surface area contributed by atoms with Crippen LogP contribution < -0.4 is 15.4 Å². The van der Waals surface area contributed by atoms with Crippen LogP contribution in [0.1, 0.15) is 26.2 Å². The first-order valence-corrected chi connectivity index (χ1v) is 6.89. The van der Waals surface area contributed by atoms with E-state index in [1.165, 1.54) is 19.3 Å². The summed E-state index contributed by atoms with van der Waals surface area (Å²) in [5.41, 5.74) is 1.06. The van der Waals surface area contributed by atoms with E-state index in [1.54, 1.807) is 7.05 Å². The van der Waals surface area contributed by atoms with Gasteiger partial charge in [-0.3, -0.25) is 4.79 Å². The van der Waals surface area contributed by atoms with E-state index < -0.39 is 0 Å². The number of ether oxygens (including phenoxy) is 1. The highest BCUT2D eigenvalue weighted by molar-refractivity contribution is 5.77. The minimum Gasteiger partial charge on any atom is -0.484 e. The smallest absolute Gasteiger partial charge is 0.257 e. The van der Waals surface area contributed by atoms with Crippen molar-refractivity contribution in [2.75, 3.05) is 19.0 Å². The molecule has 1 fully saturated rings. The molecular weight excluding hydrogens is 240 g/mol. The number of likely N-dealkylation sites (N-methyl/N-ethyl adjacent to an activating group) is 1. The van der Waals surface area contributed by atoms with Crippen molar-refractivity contribution in [2.24, 2.45) is 5.92 Å². The number of rotatable bonds is 5. The van der Waals surface area contributed by atoms with Crippen LogP contribution in [-0.2, 0) is 4.79 Å². The Balaban J connectivity index is 1.93. The lowest BCUT2D eigenvalue weighted by molar-refractivity contribution is -0.122. The second-order valence-corrected chi connectivity index (χ2v) is 5.15. The third-order valence-electron chi connectivity index (χ3n) is 3.70. The molecule has 104 valence electrons. The first-order valence-electron chi connectivity index (χ1n) is 6.89. The lowest BCUT2D eigenvalue weighted by Crippen LogP contribution is -2.25. The molecule has 1 aliphatic rings. The van der Waals surface area contributed by atoms with Gasteiger partial charge in [0.05, 0.1) is 0 Å². The molecule has 1 aliphatic carbocycles. The molecular formula is C15H22N2O2. The Morgan fingerprint density at radius 2 is 2.26 bits per heavy atom. The molecule has 2 rings (SSSR count). The topological polar surface area (TPSA) is 50.4 Å². The number of carbonyl (C=O) groups excluding carboxylic acids is 1. The van der Waals surface area contributed by atoms with Crippen molar-refractivity contribution in [3.05, 3.63) is 24.3 Å². The molecule has 2 N–H and O–H groups in total. The van der Waals surface area contributed by atoms with Gasteiger partial charge in [0, 0.05) is 24.8 Å². The molecule has 0 aromatic heterocycles. The van der Waals surface area contributed by atoms with Gasteiger partial charge < -0.3 is 15.4 Å². The SMILES string of the molecule is CNC(=O)COc1cccc(NC2CCCC2C)c1. The number of carbonyl (C=O) groups is 1. The number of benzene rings is 1. The van der Waals surface area contributed by atoms with Gasteiger partial charge in [0.25, 0.3) is 5.91 Å². The Hall–Kier alpha value is -1.71. The molecule has 0 bridgehead atoms. The normalized spacial score (nSPS) is 22.0. The van der Waals surface area contributed by atoms with Crippen LogP contribution in [0.3, 0.4) is 0 Å². The summed E-state index contributed by atoms with van der Waals surface area (Å²) in [4.78, 5) is 11.1. The van der Waals surface area contributed by atoms with Crippen LogP contribution in [0.4, 0.5) is 5.69 Å². The summed E-state index contributed by atoms with van der Waals surface area (Å²) in [6.07, 6.45) is 3.82. The maximum absolute atomic E-state index is 11.1. The van der Waals surface area contributed by atoms with Crippen molar-refractivity contribution in [3.8, 4) is 5.75 Å². The molecule has 0 saturated heterocycles. The van der Waals surface area contributed by atoms with Crippen LogP contribution in [0.25, 0.3) is 0 Å². The minimum atomic E-state index is -0.122. The minimum absolute atomic E-state index is 0.0553. The summed E-state index contributed by atoms with van der Waals surface area (Å²) in [6, 6.07) is 8.35. The Morgan fingerprint density at radius 3 is 2.95 bits per heavy atom. The maximum atomic E-state index is 11.1. The molecule has 0 heterocycles. The predicted molar refractivity (Wildman–Crippen MR) is 76.4 cm³/mol. The zero-order chi connectivity index (χ0) is 13.7. The number of hydrogen-bond donors (Lipinski definition) is 2. The highest BCUT2D eigenvalue weighted by Gasteiger charge is 2.22. The fourth-order valence-electron chi connectivity index (χ4n) is 2.47. The second-order valence-electron chi connectivity index (χ2n) is 5.15. The molecule has 4 heteroatoms. The quantitative estimate of drug-likeness (QED) is 0.856. The first-order chi connectivity index (χ1) is 9.19. The average Bonchev–Trinajstić information content (AvgIpc) is 2.82. The number of amides is 1. The zero-order valence-electron chi connectivity index (χ0n) is 11.6. The van der Waals surface area contributed by atoms with Crippen molar-refractivity contribution in [1.29, 1.82) is 0 Å². The van der Waals surface area contributed by atoms with E-state index in [4.69, 9.17) is 4.74 Å². The van der Waals surface area contributed by atoms with Gasteiger partial charge in [-0.05, 0) is 30.9 Å². The van der Waals surface area contributed by atoms with Crippen molar-refractivity contribution in [3.63, 3.8) is 0 Å². The fourth-order valence-corrected chi connectivity index (χ4v) is 2.47. The number of nitrogens with one attached hydrogen (secondary N) is 2. The van der Waals surface area contributed by atoms with Crippen molar-refractivity contribution in [1.82, 2.24) is 5.32 Å². The Bertz CT molecular complexity index is 434. The molecule has 4 nitrogen and oxygen atoms in total. The van der Waals surface area contributed by atoms with Gasteiger partial charge >= 0.3 is 0 Å². The fraction of sp³-hybridized carbons (Fsp3) is 0.533. The lowest BCUT2D eigenvalue weighted by atomic mass is 10.1. The van der Waals surface area contributed by atoms with Crippen LogP contribution in [0.5, 0.6) is 5.75 Å². The molecule has 19 heavy (non-hydrogen) atoms. The van der Waals surface area contributed by atoms with Crippen LogP contribution in [0, 0.1) is 5.92 Å². The third kappa shape index (κ3) is 3.88. The summed E-state index contributed by atoms with van der Waals surface area (Å²) in [5, 5.41) is 6.09. The molecule has 1 aromatic rings. The number of anilines is 1. The van der Waals surface area contributed by atoms with Crippen LogP contribution in [0.15, 0.2) is 24.3 Å². The van der Waals surface area contributed by atoms with E-state index in [0.29, 0.717) is 6.04 Å². The van der Waals surface area contributed by atoms with Crippen LogP contribution >= 0.6 is 0 Å². The van der Waals surface area contributed by atoms with E-state index in [2.05, 4.69) is 17.6 Å². The van der Waals surface area contributed by atoms with E-state index in [0.717, 1.165) is 17.4 Å². The van der Waals surface area contributed by atoms with Gasteiger partial charge in [-0.1, -0.05) is 19.4 Å². The molecule has 1 saturated carbocycles. The lowest BCUT2D eigenvalue weighted by Gasteiger charge is -2.19. The van der Waals surface area contributed by atoms with E-state index >= 15 is 0 Å². The molecule has 1 aromatic carbocycles. The highest BCUT2D eigenvalue weighted by atomic mass is 16.5. The van der Waals surface area contributed by atoms with E-state index in [-0.39, 0.29) is 12.5 Å². The molecule has 0 spiro atoms. The summed E-state index contributed by atoms with van der Waals surface area (Å²) in [5.74, 6) is 1.32. The van der Waals surface area contributed by atoms with Gasteiger partial charge in [0.15, 0.2) is 6.61 Å². The van der Waals surface area contributed by atoms with Gasteiger partial charge in [-0.15, -0.1) is 0 Å². The van der Waals surface area contributed by atoms with Gasteiger partial charge in [0.2, 0.25) is 0 Å². The number of hydrogen-bond acceptors (Lipinski definition) is 3. The van der Waals surface area contributed by atoms with Crippen molar-refractivity contribution >= 4 is 11.6 Å². The predicted octanol–water partition coefficient (Wildman–Crippen LogP) is 2.41. The van der Waals surface area contributed by atoms with Crippen LogP contribution in [-0.4, -0.2) is 25.6 Å². The molecule has 0 aliphatic heterocycles. The highest BCUT2D eigenvalue weighted by Crippen LogP contribution is 2.28. The van der Waals surface area contributed by atoms with Crippen molar-refractivity contribution < 1.29 is 9.53 Å². The van der Waals surface area contributed by atoms with Crippen LogP contribution in [0.2, 0.25) is 0 Å². The Kier molecular flexibility index (Phi) is 4.66. The standard InChI is InChI=1S/C15H22N2O2/c1-11-5-3-8-14(11)17-12-6-4-7-13(9-12)19-10-15(18)16-2/h4,6-7,9,11,14,17H,3,5,8,10H2,1-2H3,(H,16,18). The second kappa shape index (κ2) is 6.45. The summed E-state index contributed by atoms with van der Waals surface area (Å²) in [6.45, 7) is 2.34. The Labute approximate surface area is 114 Å². The Morgan fingerprint density at radius 1 is 1.42 bits per heavy atom. The summed E-state index contributed by atoms with van der Waals surface area (Å²) >= 11 is 0. The summed E-state index contributed by atoms with van der Waals surface area (Å²) in [7, 11) is 1.60. The molecule has 2 unspecified atom stereocenters. The van der Waals surface area contributed by atoms with Crippen molar-refractivity contribution in [2.45, 2.75) is 32.2 Å². The maximum Gasteiger partial charge on any atom is 0.257 e. The third-order valence-corrected chi connectivity index (χ3v) is 3.70. The van der Waals surface area contributed by atoms with Gasteiger partial charge in [-0.25, -0.2) is 0 Å². The summed E-state index contributed by atoms with van der Waals surface area (Å²) < 4.78 is 5.44. The molecule has 0 radical (unpaired) electrons. The largest absolute Gasteiger partial charge is 0.484 e. The van der Waals surface area contributed by atoms with Gasteiger partial charge in [-0.2, -0.15) is 0 Å². The van der Waals surface area contributed by atoms with E-state index in [9.17, 15) is 4.79 Å². The van der Waals surface area contributed by atoms with Gasteiger partial charge in [0.1, 0.15) is 5.75 Å². The first kappa shape index (κ1) is 13.7. The zero-order valence-corrected chi connectivity index (χ0v) is 11.6. The average molecular weight is 262 g/mol. The molecule has 1 amide bonds. The monoisotopic (exact) mass is 262 g/mol. The van der Waals surface area contributed by atoms with E-state index in [1.807, 2.05) is 24.3 Å². The molecule has 2 atom stereocenters.